The second kappa shape index (κ2) is 7.67. The molecule has 0 aromatic heterocycles. The molecule has 10 heavy (non-hydrogen) atoms. The highest BCUT2D eigenvalue weighted by atomic mass is 127. The van der Waals surface area contributed by atoms with E-state index in [1.54, 1.807) is 0 Å². The maximum absolute atomic E-state index is 5.38. The summed E-state index contributed by atoms with van der Waals surface area (Å²) in [4.78, 5) is 1.97. The van der Waals surface area contributed by atoms with Crippen LogP contribution in [0.2, 0.25) is 0 Å². The Morgan fingerprint density at radius 3 is 2.30 bits per heavy atom. The number of nitrogens with two attached hydrogens (primary N) is 2. The first-order valence-corrected chi connectivity index (χ1v) is 4.77. The van der Waals surface area contributed by atoms with E-state index in [-0.39, 0.29) is 0 Å². The van der Waals surface area contributed by atoms with Crippen molar-refractivity contribution in [1.29, 1.82) is 0 Å². The molecule has 0 unspecified atom stereocenters. The summed E-state index contributed by atoms with van der Waals surface area (Å²) in [5, 5.41) is 3.18. The van der Waals surface area contributed by atoms with Gasteiger partial charge in [-0.3, -0.25) is 4.90 Å². The van der Waals surface area contributed by atoms with Gasteiger partial charge in [-0.2, -0.15) is 0 Å². The Hall–Kier alpha value is 0.570. The lowest BCUT2D eigenvalue weighted by molar-refractivity contribution is 0.291. The van der Waals surface area contributed by atoms with Crippen molar-refractivity contribution in [2.24, 2.45) is 11.5 Å². The van der Waals surface area contributed by atoms with Gasteiger partial charge in [-0.1, -0.05) is 22.6 Å². The van der Waals surface area contributed by atoms with Gasteiger partial charge in [0.1, 0.15) is 0 Å². The van der Waals surface area contributed by atoms with Crippen molar-refractivity contribution in [3.63, 3.8) is 0 Å². The number of hydrogen-bond acceptors (Lipinski definition) is 4. The Labute approximate surface area is 75.5 Å². The predicted molar refractivity (Wildman–Crippen MR) is 51.7 cm³/mol. The predicted octanol–water partition coefficient (Wildman–Crippen LogP) is -0.897. The average Bonchev–Trinajstić information content (AvgIpc) is 1.99. The van der Waals surface area contributed by atoms with Gasteiger partial charge in [0, 0.05) is 31.0 Å². The average molecular weight is 258 g/mol. The zero-order valence-corrected chi connectivity index (χ0v) is 8.17. The molecule has 0 fully saturated rings. The van der Waals surface area contributed by atoms with Crippen LogP contribution in [0.4, 0.5) is 0 Å². The van der Waals surface area contributed by atoms with Crippen molar-refractivity contribution in [3.8, 4) is 0 Å². The largest absolute Gasteiger partial charge is 0.318 e. The molecule has 0 rings (SSSR count). The highest BCUT2D eigenvalue weighted by molar-refractivity contribution is 14.1. The molecule has 4 nitrogen and oxygen atoms in total. The Bertz CT molecular complexity index is 66.7. The quantitative estimate of drug-likeness (QED) is 0.190. The molecule has 5 heteroatoms. The molecule has 5 N–H and O–H groups in total. The third-order valence-corrected chi connectivity index (χ3v) is 1.76. The Kier molecular flexibility index (Phi) is 8.11. The molecule has 0 saturated heterocycles. The fraction of sp³-hybridized carbons (Fsp3) is 1.00. The Balaban J connectivity index is 3.09. The molecule has 0 aliphatic heterocycles. The molecule has 0 heterocycles. The van der Waals surface area contributed by atoms with Crippen LogP contribution in [0, 0.1) is 0 Å². The number of nitrogens with zero attached hydrogens (tertiary/aromatic N) is 1. The van der Waals surface area contributed by atoms with Crippen LogP contribution >= 0.6 is 22.6 Å². The highest BCUT2D eigenvalue weighted by Crippen LogP contribution is 1.78. The van der Waals surface area contributed by atoms with Gasteiger partial charge < -0.3 is 16.8 Å². The normalized spacial score (nSPS) is 10.8. The minimum Gasteiger partial charge on any atom is -0.318 e. The molecule has 0 spiro atoms. The van der Waals surface area contributed by atoms with E-state index in [1.807, 2.05) is 4.90 Å². The zero-order chi connectivity index (χ0) is 7.82. The Morgan fingerprint density at radius 2 is 1.90 bits per heavy atom. The summed E-state index contributed by atoms with van der Waals surface area (Å²) in [6, 6.07) is 0. The molecule has 0 bridgehead atoms. The summed E-state index contributed by atoms with van der Waals surface area (Å²) in [5.41, 5.74) is 10.8. The summed E-state index contributed by atoms with van der Waals surface area (Å²) in [5.74, 6) is 0. The van der Waals surface area contributed by atoms with Crippen LogP contribution in [0.15, 0.2) is 0 Å². The molecule has 62 valence electrons. The van der Waals surface area contributed by atoms with Gasteiger partial charge in [0.2, 0.25) is 0 Å². The van der Waals surface area contributed by atoms with Gasteiger partial charge in [0.15, 0.2) is 0 Å². The standard InChI is InChI=1S/C5H15IN4/c6-3-9-1-2-10(4-7)5-8/h9H,1-5,7-8H2. The van der Waals surface area contributed by atoms with Crippen LogP contribution < -0.4 is 16.8 Å². The number of halogens is 1. The monoisotopic (exact) mass is 258 g/mol. The SMILES string of the molecule is NCN(CN)CCNCI. The first kappa shape index (κ1) is 10.6. The van der Waals surface area contributed by atoms with E-state index in [0.717, 1.165) is 17.6 Å². The molecule has 0 aromatic carbocycles. The zero-order valence-electron chi connectivity index (χ0n) is 6.02. The van der Waals surface area contributed by atoms with E-state index in [9.17, 15) is 0 Å². The third kappa shape index (κ3) is 5.36. The molecule has 0 aliphatic rings. The lowest BCUT2D eigenvalue weighted by Crippen LogP contribution is -2.39. The second-order valence-electron chi connectivity index (χ2n) is 1.89. The van der Waals surface area contributed by atoms with Crippen LogP contribution in [0.3, 0.4) is 0 Å². The van der Waals surface area contributed by atoms with E-state index in [0.29, 0.717) is 13.3 Å². The van der Waals surface area contributed by atoms with E-state index in [1.165, 1.54) is 0 Å². The van der Waals surface area contributed by atoms with Gasteiger partial charge >= 0.3 is 0 Å². The van der Waals surface area contributed by atoms with E-state index < -0.39 is 0 Å². The van der Waals surface area contributed by atoms with Gasteiger partial charge in [-0.15, -0.1) is 0 Å². The molecular weight excluding hydrogens is 243 g/mol. The maximum atomic E-state index is 5.38. The summed E-state index contributed by atoms with van der Waals surface area (Å²) in [6.45, 7) is 2.96. The summed E-state index contributed by atoms with van der Waals surface area (Å²) < 4.78 is 0.973. The van der Waals surface area contributed by atoms with Crippen LogP contribution in [-0.2, 0) is 0 Å². The fourth-order valence-electron chi connectivity index (χ4n) is 0.561. The minimum absolute atomic E-state index is 0.541. The second-order valence-corrected chi connectivity index (χ2v) is 2.66. The van der Waals surface area contributed by atoms with Crippen molar-refractivity contribution < 1.29 is 0 Å². The van der Waals surface area contributed by atoms with Gasteiger partial charge in [-0.05, 0) is 0 Å². The van der Waals surface area contributed by atoms with Gasteiger partial charge in [-0.25, -0.2) is 0 Å². The first-order chi connectivity index (χ1) is 4.85. The molecule has 0 amide bonds. The number of hydrogen-bond donors (Lipinski definition) is 3. The lowest BCUT2D eigenvalue weighted by atomic mass is 10.5. The van der Waals surface area contributed by atoms with Crippen molar-refractivity contribution in [3.05, 3.63) is 0 Å². The minimum atomic E-state index is 0.541. The van der Waals surface area contributed by atoms with Crippen LogP contribution in [0.1, 0.15) is 0 Å². The molecule has 0 saturated carbocycles. The van der Waals surface area contributed by atoms with E-state index in [4.69, 9.17) is 11.5 Å². The van der Waals surface area contributed by atoms with E-state index >= 15 is 0 Å². The third-order valence-electron chi connectivity index (χ3n) is 1.22. The van der Waals surface area contributed by atoms with Crippen molar-refractivity contribution in [1.82, 2.24) is 10.2 Å². The topological polar surface area (TPSA) is 67.3 Å². The number of alkyl halides is 1. The van der Waals surface area contributed by atoms with Crippen molar-refractivity contribution in [2.45, 2.75) is 0 Å². The summed E-state index contributed by atoms with van der Waals surface area (Å²) in [6.07, 6.45) is 0. The van der Waals surface area contributed by atoms with Gasteiger partial charge in [0.25, 0.3) is 0 Å². The van der Waals surface area contributed by atoms with Gasteiger partial charge in [0.05, 0.1) is 0 Å². The molecular formula is C5H15IN4. The molecule has 0 radical (unpaired) electrons. The lowest BCUT2D eigenvalue weighted by Gasteiger charge is -2.16. The molecule has 0 atom stereocenters. The van der Waals surface area contributed by atoms with Crippen molar-refractivity contribution in [2.75, 3.05) is 31.0 Å². The van der Waals surface area contributed by atoms with E-state index in [2.05, 4.69) is 27.9 Å². The fourth-order valence-corrected chi connectivity index (χ4v) is 0.942. The number of nitrogens with one attached hydrogen (secondary N) is 1. The summed E-state index contributed by atoms with van der Waals surface area (Å²) in [7, 11) is 0. The number of rotatable bonds is 6. The molecule has 0 aliphatic carbocycles. The smallest absolute Gasteiger partial charge is 0.0480 e. The summed E-state index contributed by atoms with van der Waals surface area (Å²) >= 11 is 2.27. The first-order valence-electron chi connectivity index (χ1n) is 3.24. The molecule has 0 aromatic rings. The van der Waals surface area contributed by atoms with Crippen molar-refractivity contribution >= 4 is 22.6 Å². The highest BCUT2D eigenvalue weighted by Gasteiger charge is 1.95. The van der Waals surface area contributed by atoms with Crippen LogP contribution in [0.5, 0.6) is 0 Å². The Morgan fingerprint density at radius 1 is 1.30 bits per heavy atom. The van der Waals surface area contributed by atoms with Crippen LogP contribution in [0.25, 0.3) is 0 Å². The maximum Gasteiger partial charge on any atom is 0.0480 e. The van der Waals surface area contributed by atoms with Crippen LogP contribution in [-0.4, -0.2) is 35.9 Å².